The van der Waals surface area contributed by atoms with Gasteiger partial charge in [0.1, 0.15) is 4.32 Å². The molecule has 0 amide bonds. The van der Waals surface area contributed by atoms with Crippen molar-refractivity contribution in [1.82, 2.24) is 10.2 Å². The molecule has 0 aromatic carbocycles. The van der Waals surface area contributed by atoms with Crippen LogP contribution in [0.15, 0.2) is 0 Å². The molecule has 1 heterocycles. The summed E-state index contributed by atoms with van der Waals surface area (Å²) in [6.45, 7) is 4.36. The summed E-state index contributed by atoms with van der Waals surface area (Å²) < 4.78 is 1.13. The molecule has 1 aliphatic heterocycles. The van der Waals surface area contributed by atoms with Gasteiger partial charge in [-0.1, -0.05) is 43.2 Å². The highest BCUT2D eigenvalue weighted by Gasteiger charge is 2.17. The average Bonchev–Trinajstić information content (AvgIpc) is 2.38. The lowest BCUT2D eigenvalue weighted by Crippen LogP contribution is -2.45. The summed E-state index contributed by atoms with van der Waals surface area (Å²) >= 11 is 7.42. The van der Waals surface area contributed by atoms with Crippen LogP contribution in [0.3, 0.4) is 0 Å². The molecule has 1 saturated carbocycles. The summed E-state index contributed by atoms with van der Waals surface area (Å²) in [6.07, 6.45) is 7.18. The number of nitrogens with zero attached hydrogens (tertiary/aromatic N) is 1. The molecule has 0 bridgehead atoms. The summed E-state index contributed by atoms with van der Waals surface area (Å²) in [5.41, 5.74) is 0. The Morgan fingerprint density at radius 3 is 2.47 bits per heavy atom. The van der Waals surface area contributed by atoms with Crippen LogP contribution in [0.1, 0.15) is 32.1 Å². The average molecular weight is 295 g/mol. The van der Waals surface area contributed by atoms with E-state index < -0.39 is 0 Å². The highest BCUT2D eigenvalue weighted by molar-refractivity contribution is 8.22. The first-order valence-corrected chi connectivity index (χ1v) is 7.88. The molecule has 1 aliphatic carbocycles. The fourth-order valence-corrected chi connectivity index (χ4v) is 3.95. The molecule has 2 rings (SSSR count). The zero-order chi connectivity index (χ0) is 11.2. The van der Waals surface area contributed by atoms with E-state index in [0.717, 1.165) is 36.4 Å². The molecule has 1 saturated heterocycles. The van der Waals surface area contributed by atoms with Crippen molar-refractivity contribution in [3.8, 4) is 0 Å². The summed E-state index contributed by atoms with van der Waals surface area (Å²) in [4.78, 5) is 2.36. The van der Waals surface area contributed by atoms with Crippen molar-refractivity contribution in [2.45, 2.75) is 32.1 Å². The topological polar surface area (TPSA) is 15.3 Å². The third-order valence-corrected chi connectivity index (χ3v) is 5.30. The summed E-state index contributed by atoms with van der Waals surface area (Å²) in [6, 6.07) is 0. The van der Waals surface area contributed by atoms with E-state index in [9.17, 15) is 0 Å². The monoisotopic (exact) mass is 294 g/mol. The Balaban J connectivity index is 0.00000144. The Kier molecular flexibility index (Phi) is 7.84. The zero-order valence-corrected chi connectivity index (χ0v) is 12.8. The molecule has 5 heteroatoms. The maximum absolute atomic E-state index is 5.50. The van der Waals surface area contributed by atoms with Crippen LogP contribution in [-0.4, -0.2) is 41.2 Å². The van der Waals surface area contributed by atoms with E-state index in [1.54, 1.807) is 0 Å². The quantitative estimate of drug-likeness (QED) is 0.788. The molecule has 0 aromatic heterocycles. The minimum Gasteiger partial charge on any atom is -0.355 e. The van der Waals surface area contributed by atoms with Crippen LogP contribution in [0.2, 0.25) is 0 Å². The Bertz CT molecular complexity index is 227. The largest absolute Gasteiger partial charge is 0.355 e. The van der Waals surface area contributed by atoms with E-state index in [0.29, 0.717) is 0 Å². The number of rotatable bonds is 2. The molecular weight excluding hydrogens is 272 g/mol. The summed E-state index contributed by atoms with van der Waals surface area (Å²) in [5.74, 6) is 2.18. The van der Waals surface area contributed by atoms with Crippen LogP contribution in [-0.2, 0) is 0 Å². The van der Waals surface area contributed by atoms with Gasteiger partial charge in [-0.05, 0) is 18.8 Å². The molecule has 1 N–H and O–H groups in total. The lowest BCUT2D eigenvalue weighted by Gasteiger charge is -2.30. The van der Waals surface area contributed by atoms with Crippen molar-refractivity contribution in [3.63, 3.8) is 0 Å². The van der Waals surface area contributed by atoms with E-state index in [1.807, 2.05) is 11.8 Å². The fraction of sp³-hybridized carbons (Fsp3) is 0.917. The Morgan fingerprint density at radius 1 is 1.18 bits per heavy atom. The van der Waals surface area contributed by atoms with Crippen molar-refractivity contribution in [2.75, 3.05) is 31.9 Å². The fourth-order valence-electron chi connectivity index (χ4n) is 2.48. The summed E-state index contributed by atoms with van der Waals surface area (Å²) in [5, 5.41) is 3.36. The van der Waals surface area contributed by atoms with Crippen molar-refractivity contribution in [3.05, 3.63) is 0 Å². The maximum atomic E-state index is 5.50. The molecule has 0 spiro atoms. The smallest absolute Gasteiger partial charge is 0.136 e. The van der Waals surface area contributed by atoms with Gasteiger partial charge in [-0.25, -0.2) is 0 Å². The van der Waals surface area contributed by atoms with Gasteiger partial charge in [0.05, 0.1) is 0 Å². The van der Waals surface area contributed by atoms with Crippen molar-refractivity contribution >= 4 is 40.7 Å². The van der Waals surface area contributed by atoms with Crippen LogP contribution in [0.4, 0.5) is 0 Å². The van der Waals surface area contributed by atoms with E-state index >= 15 is 0 Å². The maximum Gasteiger partial charge on any atom is 0.136 e. The van der Waals surface area contributed by atoms with Crippen LogP contribution in [0.5, 0.6) is 0 Å². The van der Waals surface area contributed by atoms with E-state index in [2.05, 4.69) is 10.2 Å². The molecule has 2 fully saturated rings. The van der Waals surface area contributed by atoms with Gasteiger partial charge in [0.15, 0.2) is 0 Å². The first kappa shape index (κ1) is 15.5. The number of halogens is 1. The predicted octanol–water partition coefficient (Wildman–Crippen LogP) is 2.91. The van der Waals surface area contributed by atoms with Crippen LogP contribution < -0.4 is 5.32 Å². The molecule has 0 radical (unpaired) electrons. The highest BCUT2D eigenvalue weighted by atomic mass is 35.5. The number of thiocarbonyl (C=S) groups is 1. The van der Waals surface area contributed by atoms with Crippen LogP contribution in [0.25, 0.3) is 0 Å². The molecule has 0 aromatic rings. The van der Waals surface area contributed by atoms with Gasteiger partial charge in [-0.15, -0.1) is 12.4 Å². The molecule has 17 heavy (non-hydrogen) atoms. The van der Waals surface area contributed by atoms with E-state index in [-0.39, 0.29) is 12.4 Å². The third kappa shape index (κ3) is 5.33. The van der Waals surface area contributed by atoms with Gasteiger partial charge in [0.25, 0.3) is 0 Å². The standard InChI is InChI=1S/C12H22N2S2.ClH/c15-12(14-8-6-13-7-9-14)16-10-11-4-2-1-3-5-11;/h11,13H,1-10H2;1H. The van der Waals surface area contributed by atoms with Gasteiger partial charge in [0.2, 0.25) is 0 Å². The van der Waals surface area contributed by atoms with Gasteiger partial charge in [0, 0.05) is 31.9 Å². The molecule has 0 atom stereocenters. The van der Waals surface area contributed by atoms with Crippen molar-refractivity contribution in [2.24, 2.45) is 5.92 Å². The Morgan fingerprint density at radius 2 is 1.82 bits per heavy atom. The zero-order valence-electron chi connectivity index (χ0n) is 10.3. The second-order valence-electron chi connectivity index (χ2n) is 4.82. The Labute approximate surface area is 121 Å². The number of thioether (sulfide) groups is 1. The second-order valence-corrected chi connectivity index (χ2v) is 6.47. The van der Waals surface area contributed by atoms with E-state index in [4.69, 9.17) is 12.2 Å². The first-order valence-electron chi connectivity index (χ1n) is 6.48. The van der Waals surface area contributed by atoms with Gasteiger partial charge in [-0.2, -0.15) is 0 Å². The van der Waals surface area contributed by atoms with Crippen LogP contribution in [0, 0.1) is 5.92 Å². The highest BCUT2D eigenvalue weighted by Crippen LogP contribution is 2.27. The predicted molar refractivity (Wildman–Crippen MR) is 83.3 cm³/mol. The molecule has 0 unspecified atom stereocenters. The SMILES string of the molecule is Cl.S=C(SCC1CCCCC1)N1CCNCC1. The van der Waals surface area contributed by atoms with Crippen LogP contribution >= 0.6 is 36.4 Å². The number of nitrogens with one attached hydrogen (secondary N) is 1. The molecule has 2 aliphatic rings. The minimum absolute atomic E-state index is 0. The first-order chi connectivity index (χ1) is 7.86. The normalized spacial score (nSPS) is 22.0. The van der Waals surface area contributed by atoms with Gasteiger partial charge in [-0.3, -0.25) is 0 Å². The minimum atomic E-state index is 0. The Hall–Kier alpha value is 0.490. The van der Waals surface area contributed by atoms with E-state index in [1.165, 1.54) is 37.9 Å². The molecule has 100 valence electrons. The van der Waals surface area contributed by atoms with Gasteiger partial charge >= 0.3 is 0 Å². The lowest BCUT2D eigenvalue weighted by molar-refractivity contribution is 0.367. The summed E-state index contributed by atoms with van der Waals surface area (Å²) in [7, 11) is 0. The lowest BCUT2D eigenvalue weighted by atomic mass is 9.91. The number of hydrogen-bond donors (Lipinski definition) is 1. The van der Waals surface area contributed by atoms with Crippen molar-refractivity contribution in [1.29, 1.82) is 0 Å². The second kappa shape index (κ2) is 8.57. The molecule has 2 nitrogen and oxygen atoms in total. The molecular formula is C12H23ClN2S2. The number of piperazine rings is 1. The van der Waals surface area contributed by atoms with Crippen molar-refractivity contribution < 1.29 is 0 Å². The third-order valence-electron chi connectivity index (χ3n) is 3.54. The number of hydrogen-bond acceptors (Lipinski definition) is 3. The van der Waals surface area contributed by atoms with Gasteiger partial charge < -0.3 is 10.2 Å².